The standard InChI is InChI=1S/C21H24O9/c1-8-4-9-6-10-11(23)2-3-12(24)16(10)18(26)15(9)13(5-8)29-21-20(28)19(27)17(25)14(7-22)30-21/h4-6,11,14,17,19-23,25-28H,2-3,7H2,1H3. The molecule has 9 heteroatoms. The summed E-state index contributed by atoms with van der Waals surface area (Å²) >= 11 is 0. The van der Waals surface area contributed by atoms with Gasteiger partial charge in [0.1, 0.15) is 35.9 Å². The topological polar surface area (TPSA) is 157 Å². The lowest BCUT2D eigenvalue weighted by atomic mass is 9.85. The summed E-state index contributed by atoms with van der Waals surface area (Å²) in [5.74, 6) is -0.553. The third-order valence-electron chi connectivity index (χ3n) is 5.72. The van der Waals surface area contributed by atoms with Gasteiger partial charge in [0, 0.05) is 6.42 Å². The van der Waals surface area contributed by atoms with E-state index in [1.807, 2.05) is 0 Å². The molecule has 6 unspecified atom stereocenters. The van der Waals surface area contributed by atoms with Gasteiger partial charge in [-0.15, -0.1) is 0 Å². The molecular weight excluding hydrogens is 396 g/mol. The van der Waals surface area contributed by atoms with Crippen molar-refractivity contribution in [2.24, 2.45) is 0 Å². The molecule has 30 heavy (non-hydrogen) atoms. The Balaban J connectivity index is 1.81. The summed E-state index contributed by atoms with van der Waals surface area (Å²) < 4.78 is 11.2. The number of ketones is 1. The Kier molecular flexibility index (Phi) is 5.43. The number of benzene rings is 2. The van der Waals surface area contributed by atoms with Gasteiger partial charge in [0.25, 0.3) is 0 Å². The molecule has 2 aliphatic rings. The molecule has 0 radical (unpaired) electrons. The number of Topliss-reactive ketones (excluding diaryl/α,β-unsaturated/α-hetero) is 1. The summed E-state index contributed by atoms with van der Waals surface area (Å²) in [5.41, 5.74) is 1.11. The van der Waals surface area contributed by atoms with Crippen LogP contribution in [0.15, 0.2) is 18.2 Å². The number of aliphatic hydroxyl groups excluding tert-OH is 5. The monoisotopic (exact) mass is 420 g/mol. The van der Waals surface area contributed by atoms with E-state index < -0.39 is 43.4 Å². The van der Waals surface area contributed by atoms with Crippen molar-refractivity contribution in [2.45, 2.75) is 56.6 Å². The number of rotatable bonds is 3. The third kappa shape index (κ3) is 3.33. The molecule has 1 heterocycles. The van der Waals surface area contributed by atoms with E-state index in [1.165, 1.54) is 0 Å². The minimum absolute atomic E-state index is 0.0313. The van der Waals surface area contributed by atoms with Gasteiger partial charge in [-0.05, 0) is 42.0 Å². The molecule has 0 spiro atoms. The number of ether oxygens (including phenoxy) is 2. The molecule has 6 N–H and O–H groups in total. The Morgan fingerprint density at radius 3 is 2.53 bits per heavy atom. The smallest absolute Gasteiger partial charge is 0.229 e. The van der Waals surface area contributed by atoms with Crippen LogP contribution in [0.1, 0.15) is 40.4 Å². The van der Waals surface area contributed by atoms with Crippen molar-refractivity contribution in [3.05, 3.63) is 34.9 Å². The summed E-state index contributed by atoms with van der Waals surface area (Å²) in [6.45, 7) is 1.17. The minimum Gasteiger partial charge on any atom is -0.506 e. The largest absolute Gasteiger partial charge is 0.506 e. The highest BCUT2D eigenvalue weighted by Gasteiger charge is 2.45. The summed E-state index contributed by atoms with van der Waals surface area (Å²) in [4.78, 5) is 12.4. The lowest BCUT2D eigenvalue weighted by molar-refractivity contribution is -0.277. The molecule has 9 nitrogen and oxygen atoms in total. The Bertz CT molecular complexity index is 986. The van der Waals surface area contributed by atoms with Crippen molar-refractivity contribution in [2.75, 3.05) is 6.61 Å². The van der Waals surface area contributed by atoms with Crippen molar-refractivity contribution in [1.29, 1.82) is 0 Å². The van der Waals surface area contributed by atoms with E-state index in [1.54, 1.807) is 25.1 Å². The Morgan fingerprint density at radius 1 is 1.10 bits per heavy atom. The number of hydrogen-bond donors (Lipinski definition) is 6. The van der Waals surface area contributed by atoms with Crippen LogP contribution in [0.4, 0.5) is 0 Å². The molecule has 0 amide bonds. The molecule has 1 aliphatic carbocycles. The van der Waals surface area contributed by atoms with Crippen LogP contribution in [0, 0.1) is 6.92 Å². The fourth-order valence-electron chi connectivity index (χ4n) is 4.14. The van der Waals surface area contributed by atoms with Gasteiger partial charge in [0.2, 0.25) is 6.29 Å². The first-order valence-electron chi connectivity index (χ1n) is 9.71. The second-order valence-electron chi connectivity index (χ2n) is 7.84. The van der Waals surface area contributed by atoms with Gasteiger partial charge in [-0.1, -0.05) is 6.07 Å². The molecule has 2 aromatic carbocycles. The molecular formula is C21H24O9. The zero-order chi connectivity index (χ0) is 21.7. The molecule has 1 fully saturated rings. The van der Waals surface area contributed by atoms with Gasteiger partial charge < -0.3 is 40.1 Å². The van der Waals surface area contributed by atoms with Crippen LogP contribution in [0.5, 0.6) is 11.5 Å². The predicted octanol–water partition coefficient (Wildman–Crippen LogP) is 0.0424. The van der Waals surface area contributed by atoms with Crippen molar-refractivity contribution in [3.63, 3.8) is 0 Å². The fourth-order valence-corrected chi connectivity index (χ4v) is 4.14. The zero-order valence-corrected chi connectivity index (χ0v) is 16.2. The number of aliphatic hydroxyl groups is 5. The van der Waals surface area contributed by atoms with Crippen molar-refractivity contribution in [1.82, 2.24) is 0 Å². The van der Waals surface area contributed by atoms with Gasteiger partial charge in [-0.25, -0.2) is 0 Å². The quantitative estimate of drug-likeness (QED) is 0.403. The van der Waals surface area contributed by atoms with Crippen molar-refractivity contribution < 1.29 is 44.9 Å². The molecule has 0 aromatic heterocycles. The molecule has 1 aliphatic heterocycles. The van der Waals surface area contributed by atoms with E-state index in [9.17, 15) is 35.4 Å². The molecule has 1 saturated heterocycles. The van der Waals surface area contributed by atoms with Crippen LogP contribution in [-0.4, -0.2) is 73.7 Å². The predicted molar refractivity (Wildman–Crippen MR) is 103 cm³/mol. The lowest BCUT2D eigenvalue weighted by Crippen LogP contribution is -2.60. The highest BCUT2D eigenvalue weighted by molar-refractivity contribution is 6.08. The molecule has 0 bridgehead atoms. The molecule has 162 valence electrons. The average molecular weight is 420 g/mol. The Labute approximate surface area is 171 Å². The van der Waals surface area contributed by atoms with Gasteiger partial charge >= 0.3 is 0 Å². The van der Waals surface area contributed by atoms with E-state index >= 15 is 0 Å². The number of carbonyl (C=O) groups excluding carboxylic acids is 1. The van der Waals surface area contributed by atoms with E-state index in [-0.39, 0.29) is 41.1 Å². The van der Waals surface area contributed by atoms with Crippen LogP contribution in [0.3, 0.4) is 0 Å². The fraction of sp³-hybridized carbons (Fsp3) is 0.476. The first kappa shape index (κ1) is 21.0. The highest BCUT2D eigenvalue weighted by atomic mass is 16.7. The summed E-state index contributed by atoms with van der Waals surface area (Å²) in [6, 6.07) is 4.94. The normalized spacial score (nSPS) is 31.6. The van der Waals surface area contributed by atoms with Crippen molar-refractivity contribution in [3.8, 4) is 11.5 Å². The molecule has 2 aromatic rings. The van der Waals surface area contributed by atoms with Crippen LogP contribution in [-0.2, 0) is 4.74 Å². The summed E-state index contributed by atoms with van der Waals surface area (Å²) in [7, 11) is 0. The molecule has 0 saturated carbocycles. The van der Waals surface area contributed by atoms with E-state index in [0.717, 1.165) is 5.56 Å². The maximum absolute atomic E-state index is 12.4. The van der Waals surface area contributed by atoms with Gasteiger partial charge in [0.05, 0.1) is 23.7 Å². The van der Waals surface area contributed by atoms with Crippen molar-refractivity contribution >= 4 is 16.6 Å². The first-order chi connectivity index (χ1) is 14.2. The summed E-state index contributed by atoms with van der Waals surface area (Å²) in [6.07, 6.45) is -7.86. The zero-order valence-electron chi connectivity index (χ0n) is 16.2. The minimum atomic E-state index is -1.62. The van der Waals surface area contributed by atoms with Crippen LogP contribution >= 0.6 is 0 Å². The molecule has 4 rings (SSSR count). The van der Waals surface area contributed by atoms with E-state index in [0.29, 0.717) is 10.9 Å². The molecule has 6 atom stereocenters. The first-order valence-corrected chi connectivity index (χ1v) is 9.71. The number of phenols is 1. The number of aryl methyl sites for hydroxylation is 1. The average Bonchev–Trinajstić information content (AvgIpc) is 2.70. The second kappa shape index (κ2) is 7.77. The van der Waals surface area contributed by atoms with Gasteiger partial charge in [-0.3, -0.25) is 4.79 Å². The van der Waals surface area contributed by atoms with Gasteiger partial charge in [0.15, 0.2) is 5.78 Å². The third-order valence-corrected chi connectivity index (χ3v) is 5.72. The van der Waals surface area contributed by atoms with E-state index in [2.05, 4.69) is 0 Å². The second-order valence-corrected chi connectivity index (χ2v) is 7.84. The van der Waals surface area contributed by atoms with Gasteiger partial charge in [-0.2, -0.15) is 0 Å². The maximum Gasteiger partial charge on any atom is 0.229 e. The number of phenolic OH excluding ortho intramolecular Hbond substituents is 1. The highest BCUT2D eigenvalue weighted by Crippen LogP contribution is 2.44. The summed E-state index contributed by atoms with van der Waals surface area (Å²) in [5, 5.41) is 61.5. The SMILES string of the molecule is Cc1cc(OC2OC(CO)C(O)C(O)C2O)c2c(O)c3c(cc2c1)C(O)CCC3=O. The van der Waals surface area contributed by atoms with Crippen LogP contribution in [0.25, 0.3) is 10.8 Å². The Hall–Kier alpha value is -2.27. The number of aromatic hydroxyl groups is 1. The Morgan fingerprint density at radius 2 is 1.83 bits per heavy atom. The number of hydrogen-bond acceptors (Lipinski definition) is 9. The van der Waals surface area contributed by atoms with Crippen LogP contribution < -0.4 is 4.74 Å². The lowest BCUT2D eigenvalue weighted by Gasteiger charge is -2.39. The van der Waals surface area contributed by atoms with E-state index in [4.69, 9.17) is 9.47 Å². The number of carbonyl (C=O) groups is 1. The maximum atomic E-state index is 12.4. The van der Waals surface area contributed by atoms with Crippen LogP contribution in [0.2, 0.25) is 0 Å². The number of fused-ring (bicyclic) bond motifs is 2.